The number of nitrogens with zero attached hydrogens (tertiary/aromatic N) is 1. The Kier molecular flexibility index (Phi) is 11.1. The van der Waals surface area contributed by atoms with E-state index in [4.69, 9.17) is 9.84 Å². The van der Waals surface area contributed by atoms with Crippen LogP contribution in [0.4, 0.5) is 4.79 Å². The molecule has 0 atom stereocenters. The first-order valence-corrected chi connectivity index (χ1v) is 5.42. The minimum atomic E-state index is -0.982. The van der Waals surface area contributed by atoms with Gasteiger partial charge in [0.15, 0.2) is 0 Å². The molecule has 0 aromatic rings. The number of rotatable bonds is 10. The minimum absolute atomic E-state index is 0.437. The van der Waals surface area contributed by atoms with Crippen molar-refractivity contribution in [3.8, 4) is 0 Å². The SMILES string of the molecule is COCCC=NCCCNCCNC(=O)O. The Morgan fingerprint density at radius 1 is 1.44 bits per heavy atom. The molecule has 0 aromatic carbocycles. The van der Waals surface area contributed by atoms with Crippen LogP contribution in [0.25, 0.3) is 0 Å². The highest BCUT2D eigenvalue weighted by Gasteiger charge is 1.91. The van der Waals surface area contributed by atoms with Crippen LogP contribution in [0.1, 0.15) is 12.8 Å². The Bertz CT molecular complexity index is 198. The highest BCUT2D eigenvalue weighted by molar-refractivity contribution is 5.64. The van der Waals surface area contributed by atoms with E-state index in [1.807, 2.05) is 6.21 Å². The first-order valence-electron chi connectivity index (χ1n) is 5.42. The molecule has 0 aliphatic carbocycles. The van der Waals surface area contributed by atoms with E-state index < -0.39 is 6.09 Å². The lowest BCUT2D eigenvalue weighted by Crippen LogP contribution is -2.31. The van der Waals surface area contributed by atoms with E-state index in [-0.39, 0.29) is 0 Å². The van der Waals surface area contributed by atoms with E-state index in [1.165, 1.54) is 0 Å². The van der Waals surface area contributed by atoms with Gasteiger partial charge in [-0.05, 0) is 13.0 Å². The zero-order valence-corrected chi connectivity index (χ0v) is 9.74. The van der Waals surface area contributed by atoms with Gasteiger partial charge in [0.25, 0.3) is 0 Å². The predicted octanol–water partition coefficient (Wildman–Crippen LogP) is 0.341. The van der Waals surface area contributed by atoms with Crippen LogP contribution in [0.5, 0.6) is 0 Å². The van der Waals surface area contributed by atoms with Crippen LogP contribution in [-0.4, -0.2) is 57.3 Å². The molecule has 0 rings (SSSR count). The van der Waals surface area contributed by atoms with E-state index in [0.29, 0.717) is 19.7 Å². The van der Waals surface area contributed by atoms with Gasteiger partial charge >= 0.3 is 6.09 Å². The largest absolute Gasteiger partial charge is 0.465 e. The molecule has 0 heterocycles. The Morgan fingerprint density at radius 2 is 2.25 bits per heavy atom. The molecule has 3 N–H and O–H groups in total. The maximum atomic E-state index is 10.1. The number of hydrogen-bond acceptors (Lipinski definition) is 4. The zero-order valence-electron chi connectivity index (χ0n) is 9.74. The number of nitrogens with one attached hydrogen (secondary N) is 2. The normalized spacial score (nSPS) is 10.8. The van der Waals surface area contributed by atoms with Crippen LogP contribution < -0.4 is 10.6 Å². The third-order valence-corrected chi connectivity index (χ3v) is 1.80. The van der Waals surface area contributed by atoms with E-state index in [0.717, 1.165) is 25.9 Å². The molecule has 6 nitrogen and oxygen atoms in total. The number of carbonyl (C=O) groups is 1. The van der Waals surface area contributed by atoms with Gasteiger partial charge in [-0.15, -0.1) is 0 Å². The quantitative estimate of drug-likeness (QED) is 0.374. The summed E-state index contributed by atoms with van der Waals surface area (Å²) in [6, 6.07) is 0. The number of amides is 1. The van der Waals surface area contributed by atoms with Crippen LogP contribution in [-0.2, 0) is 4.74 Å². The molecule has 0 saturated carbocycles. The summed E-state index contributed by atoms with van der Waals surface area (Å²) in [5.41, 5.74) is 0. The number of methoxy groups -OCH3 is 1. The van der Waals surface area contributed by atoms with Crippen molar-refractivity contribution in [3.05, 3.63) is 0 Å². The summed E-state index contributed by atoms with van der Waals surface area (Å²) < 4.78 is 4.87. The highest BCUT2D eigenvalue weighted by atomic mass is 16.5. The van der Waals surface area contributed by atoms with Crippen LogP contribution in [0.3, 0.4) is 0 Å². The van der Waals surface area contributed by atoms with Crippen LogP contribution in [0.15, 0.2) is 4.99 Å². The molecule has 0 aliphatic rings. The lowest BCUT2D eigenvalue weighted by molar-refractivity contribution is 0.194. The summed E-state index contributed by atoms with van der Waals surface area (Å²) in [6.07, 6.45) is 2.70. The molecular weight excluding hydrogens is 210 g/mol. The van der Waals surface area contributed by atoms with Crippen LogP contribution in [0.2, 0.25) is 0 Å². The summed E-state index contributed by atoms with van der Waals surface area (Å²) in [5.74, 6) is 0. The number of aliphatic imine (C=N–C) groups is 1. The molecular formula is C10H21N3O3. The van der Waals surface area contributed by atoms with Gasteiger partial charge in [0.1, 0.15) is 0 Å². The lowest BCUT2D eigenvalue weighted by atomic mass is 10.4. The van der Waals surface area contributed by atoms with E-state index >= 15 is 0 Å². The summed E-state index contributed by atoms with van der Waals surface area (Å²) in [4.78, 5) is 14.3. The molecule has 0 aliphatic heterocycles. The van der Waals surface area contributed by atoms with Gasteiger partial charge in [-0.1, -0.05) is 0 Å². The Labute approximate surface area is 96.1 Å². The molecule has 0 aromatic heterocycles. The standard InChI is InChI=1S/C10H21N3O3/c1-16-9-3-6-11-4-2-5-12-7-8-13-10(14)15/h6,12-13H,2-5,7-9H2,1H3,(H,14,15). The van der Waals surface area contributed by atoms with E-state index in [1.54, 1.807) is 7.11 Å². The maximum absolute atomic E-state index is 10.1. The smallest absolute Gasteiger partial charge is 0.404 e. The van der Waals surface area contributed by atoms with Gasteiger partial charge in [0.2, 0.25) is 0 Å². The number of ether oxygens (including phenoxy) is 1. The molecule has 1 amide bonds. The maximum Gasteiger partial charge on any atom is 0.404 e. The molecule has 0 spiro atoms. The zero-order chi connectivity index (χ0) is 12.1. The van der Waals surface area contributed by atoms with Crippen molar-refractivity contribution >= 4 is 12.3 Å². The Morgan fingerprint density at radius 3 is 2.94 bits per heavy atom. The molecule has 0 bridgehead atoms. The van der Waals surface area contributed by atoms with Crippen molar-refractivity contribution in [2.45, 2.75) is 12.8 Å². The second-order valence-corrected chi connectivity index (χ2v) is 3.21. The lowest BCUT2D eigenvalue weighted by Gasteiger charge is -2.02. The van der Waals surface area contributed by atoms with E-state index in [2.05, 4.69) is 15.6 Å². The summed E-state index contributed by atoms with van der Waals surface area (Å²) in [6.45, 7) is 3.45. The molecule has 0 saturated heterocycles. The Balaban J connectivity index is 3.03. The highest BCUT2D eigenvalue weighted by Crippen LogP contribution is 1.80. The number of hydrogen-bond donors (Lipinski definition) is 3. The second-order valence-electron chi connectivity index (χ2n) is 3.21. The van der Waals surface area contributed by atoms with Crippen LogP contribution >= 0.6 is 0 Å². The summed E-state index contributed by atoms with van der Waals surface area (Å²) in [5, 5.41) is 13.7. The average molecular weight is 231 g/mol. The van der Waals surface area contributed by atoms with Crippen molar-refractivity contribution in [1.82, 2.24) is 10.6 Å². The predicted molar refractivity (Wildman–Crippen MR) is 63.4 cm³/mol. The van der Waals surface area contributed by atoms with Gasteiger partial charge in [-0.3, -0.25) is 4.99 Å². The van der Waals surface area contributed by atoms with Gasteiger partial charge < -0.3 is 20.5 Å². The van der Waals surface area contributed by atoms with Crippen molar-refractivity contribution in [3.63, 3.8) is 0 Å². The third kappa shape index (κ3) is 12.9. The monoisotopic (exact) mass is 231 g/mol. The average Bonchev–Trinajstić information content (AvgIpc) is 2.25. The van der Waals surface area contributed by atoms with Crippen molar-refractivity contribution < 1.29 is 14.6 Å². The fraction of sp³-hybridized carbons (Fsp3) is 0.800. The molecule has 16 heavy (non-hydrogen) atoms. The van der Waals surface area contributed by atoms with Crippen LogP contribution in [0, 0.1) is 0 Å². The first-order chi connectivity index (χ1) is 7.77. The van der Waals surface area contributed by atoms with Gasteiger partial charge in [0.05, 0.1) is 6.61 Å². The summed E-state index contributed by atoms with van der Waals surface area (Å²) >= 11 is 0. The van der Waals surface area contributed by atoms with Gasteiger partial charge in [0, 0.05) is 39.4 Å². The minimum Gasteiger partial charge on any atom is -0.465 e. The molecule has 0 radical (unpaired) electrons. The second kappa shape index (κ2) is 11.9. The molecule has 0 unspecified atom stereocenters. The fourth-order valence-corrected chi connectivity index (χ4v) is 1.03. The van der Waals surface area contributed by atoms with Crippen molar-refractivity contribution in [2.75, 3.05) is 39.9 Å². The van der Waals surface area contributed by atoms with Crippen molar-refractivity contribution in [2.24, 2.45) is 4.99 Å². The fourth-order valence-electron chi connectivity index (χ4n) is 1.03. The summed E-state index contributed by atoms with van der Waals surface area (Å²) in [7, 11) is 1.67. The molecule has 94 valence electrons. The molecule has 6 heteroatoms. The van der Waals surface area contributed by atoms with E-state index in [9.17, 15) is 4.79 Å². The topological polar surface area (TPSA) is 83.0 Å². The Hall–Kier alpha value is -1.14. The molecule has 0 fully saturated rings. The number of carboxylic acid groups (broad SMARTS) is 1. The van der Waals surface area contributed by atoms with Crippen molar-refractivity contribution in [1.29, 1.82) is 0 Å². The van der Waals surface area contributed by atoms with Gasteiger partial charge in [-0.25, -0.2) is 4.79 Å². The van der Waals surface area contributed by atoms with Gasteiger partial charge in [-0.2, -0.15) is 0 Å². The first kappa shape index (κ1) is 14.9. The third-order valence-electron chi connectivity index (χ3n) is 1.80.